The van der Waals surface area contributed by atoms with Gasteiger partial charge in [0.25, 0.3) is 5.91 Å². The molecule has 0 bridgehead atoms. The third kappa shape index (κ3) is 3.21. The second kappa shape index (κ2) is 6.16. The Bertz CT molecular complexity index is 876. The molecule has 0 N–H and O–H groups in total. The van der Waals surface area contributed by atoms with Crippen LogP contribution in [0, 0.1) is 11.6 Å². The van der Waals surface area contributed by atoms with Gasteiger partial charge >= 0.3 is 0 Å². The van der Waals surface area contributed by atoms with Gasteiger partial charge in [-0.2, -0.15) is 0 Å². The maximum Gasteiger partial charge on any atom is 0.256 e. The number of fused-ring (bicyclic) bond motifs is 1. The van der Waals surface area contributed by atoms with E-state index in [2.05, 4.69) is 0 Å². The molecule has 0 unspecified atom stereocenters. The highest BCUT2D eigenvalue weighted by molar-refractivity contribution is 5.94. The summed E-state index contributed by atoms with van der Waals surface area (Å²) in [5.74, 6) is -2.02. The molecule has 3 aromatic rings. The lowest BCUT2D eigenvalue weighted by Crippen LogP contribution is -2.27. The Morgan fingerprint density at radius 2 is 1.70 bits per heavy atom. The molecule has 0 aliphatic rings. The number of nitrogens with zero attached hydrogens (tertiary/aromatic N) is 1. The summed E-state index contributed by atoms with van der Waals surface area (Å²) >= 11 is 0. The van der Waals surface area contributed by atoms with Gasteiger partial charge in [0.2, 0.25) is 0 Å². The number of carbonyl (C=O) groups excluding carboxylic acids is 1. The Morgan fingerprint density at radius 1 is 0.957 bits per heavy atom. The first-order valence-corrected chi connectivity index (χ1v) is 7.23. The summed E-state index contributed by atoms with van der Waals surface area (Å²) in [5, 5.41) is 2.20. The molecule has 0 aliphatic heterocycles. The van der Waals surface area contributed by atoms with Crippen LogP contribution in [-0.4, -0.2) is 17.9 Å². The fourth-order valence-corrected chi connectivity index (χ4v) is 2.55. The molecule has 0 fully saturated rings. The van der Waals surface area contributed by atoms with Crippen molar-refractivity contribution < 1.29 is 13.6 Å². The van der Waals surface area contributed by atoms with Crippen LogP contribution in [0.25, 0.3) is 10.8 Å². The summed E-state index contributed by atoms with van der Waals surface area (Å²) in [6, 6.07) is 16.8. The zero-order valence-electron chi connectivity index (χ0n) is 12.6. The summed E-state index contributed by atoms with van der Waals surface area (Å²) in [4.78, 5) is 13.7. The molecule has 2 nitrogen and oxygen atoms in total. The van der Waals surface area contributed by atoms with Gasteiger partial charge in [-0.3, -0.25) is 4.79 Å². The second-order valence-electron chi connectivity index (χ2n) is 5.47. The summed E-state index contributed by atoms with van der Waals surface area (Å²) < 4.78 is 26.7. The molecule has 116 valence electrons. The highest BCUT2D eigenvalue weighted by atomic mass is 19.1. The predicted octanol–water partition coefficient (Wildman–Crippen LogP) is 4.39. The quantitative estimate of drug-likeness (QED) is 0.702. The minimum absolute atomic E-state index is 0.130. The standard InChI is InChI=1S/C19H15F2NO/c1-22(19(23)17-9-8-16(20)11-18(17)21)12-13-6-7-14-4-2-3-5-15(14)10-13/h2-11H,12H2,1H3. The molecule has 0 aliphatic carbocycles. The minimum Gasteiger partial charge on any atom is -0.337 e. The third-order valence-electron chi connectivity index (χ3n) is 3.74. The van der Waals surface area contributed by atoms with Gasteiger partial charge < -0.3 is 4.90 Å². The fraction of sp³-hybridized carbons (Fsp3) is 0.105. The van der Waals surface area contributed by atoms with Crippen molar-refractivity contribution in [2.24, 2.45) is 0 Å². The van der Waals surface area contributed by atoms with Crippen molar-refractivity contribution in [2.45, 2.75) is 6.54 Å². The van der Waals surface area contributed by atoms with Crippen molar-refractivity contribution in [3.8, 4) is 0 Å². The first-order chi connectivity index (χ1) is 11.0. The van der Waals surface area contributed by atoms with E-state index in [1.54, 1.807) is 7.05 Å². The largest absolute Gasteiger partial charge is 0.337 e. The molecule has 0 radical (unpaired) electrons. The second-order valence-corrected chi connectivity index (χ2v) is 5.47. The molecule has 4 heteroatoms. The van der Waals surface area contributed by atoms with Crippen LogP contribution in [-0.2, 0) is 6.54 Å². The van der Waals surface area contributed by atoms with E-state index in [4.69, 9.17) is 0 Å². The van der Waals surface area contributed by atoms with Gasteiger partial charge in [0.1, 0.15) is 11.6 Å². The van der Waals surface area contributed by atoms with Gasteiger partial charge in [-0.1, -0.05) is 36.4 Å². The van der Waals surface area contributed by atoms with Gasteiger partial charge in [-0.05, 0) is 34.5 Å². The van der Waals surface area contributed by atoms with Crippen molar-refractivity contribution in [1.82, 2.24) is 4.90 Å². The van der Waals surface area contributed by atoms with Gasteiger partial charge in [-0.25, -0.2) is 8.78 Å². The van der Waals surface area contributed by atoms with Gasteiger partial charge in [0.15, 0.2) is 0 Å². The average molecular weight is 311 g/mol. The van der Waals surface area contributed by atoms with Crippen molar-refractivity contribution in [3.05, 3.63) is 83.4 Å². The smallest absolute Gasteiger partial charge is 0.256 e. The number of rotatable bonds is 3. The summed E-state index contributed by atoms with van der Waals surface area (Å²) in [5.41, 5.74) is 0.816. The number of halogens is 2. The molecular weight excluding hydrogens is 296 g/mol. The molecule has 3 aromatic carbocycles. The average Bonchev–Trinajstić information content (AvgIpc) is 2.54. The summed E-state index contributed by atoms with van der Waals surface area (Å²) in [7, 11) is 1.60. The highest BCUT2D eigenvalue weighted by Crippen LogP contribution is 2.18. The molecule has 0 atom stereocenters. The zero-order chi connectivity index (χ0) is 16.4. The highest BCUT2D eigenvalue weighted by Gasteiger charge is 2.17. The van der Waals surface area contributed by atoms with Crippen LogP contribution < -0.4 is 0 Å². The fourth-order valence-electron chi connectivity index (χ4n) is 2.55. The summed E-state index contributed by atoms with van der Waals surface area (Å²) in [6.07, 6.45) is 0. The van der Waals surface area contributed by atoms with E-state index in [-0.39, 0.29) is 5.56 Å². The van der Waals surface area contributed by atoms with E-state index < -0.39 is 17.5 Å². The molecule has 0 saturated carbocycles. The maximum absolute atomic E-state index is 13.7. The zero-order valence-corrected chi connectivity index (χ0v) is 12.6. The van der Waals surface area contributed by atoms with E-state index in [1.807, 2.05) is 42.5 Å². The van der Waals surface area contributed by atoms with Crippen molar-refractivity contribution in [2.75, 3.05) is 7.05 Å². The van der Waals surface area contributed by atoms with Crippen LogP contribution in [0.2, 0.25) is 0 Å². The van der Waals surface area contributed by atoms with Gasteiger partial charge in [-0.15, -0.1) is 0 Å². The molecule has 0 saturated heterocycles. The molecule has 1 amide bonds. The number of hydrogen-bond acceptors (Lipinski definition) is 1. The van der Waals surface area contributed by atoms with Crippen molar-refractivity contribution >= 4 is 16.7 Å². The van der Waals surface area contributed by atoms with Crippen molar-refractivity contribution in [3.63, 3.8) is 0 Å². The minimum atomic E-state index is -0.847. The normalized spacial score (nSPS) is 10.7. The Balaban J connectivity index is 1.81. The molecule has 23 heavy (non-hydrogen) atoms. The maximum atomic E-state index is 13.7. The Kier molecular flexibility index (Phi) is 4.06. The topological polar surface area (TPSA) is 20.3 Å². The van der Waals surface area contributed by atoms with E-state index in [9.17, 15) is 13.6 Å². The lowest BCUT2D eigenvalue weighted by molar-refractivity contribution is 0.0780. The van der Waals surface area contributed by atoms with Crippen LogP contribution in [0.3, 0.4) is 0 Å². The van der Waals surface area contributed by atoms with Crippen LogP contribution in [0.15, 0.2) is 60.7 Å². The van der Waals surface area contributed by atoms with E-state index >= 15 is 0 Å². The van der Waals surface area contributed by atoms with E-state index in [0.29, 0.717) is 6.54 Å². The Morgan fingerprint density at radius 3 is 2.43 bits per heavy atom. The lowest BCUT2D eigenvalue weighted by atomic mass is 10.1. The van der Waals surface area contributed by atoms with Crippen LogP contribution in [0.5, 0.6) is 0 Å². The Labute approximate surface area is 133 Å². The number of amides is 1. The Hall–Kier alpha value is -2.75. The predicted molar refractivity (Wildman–Crippen MR) is 86.1 cm³/mol. The number of hydrogen-bond donors (Lipinski definition) is 0. The van der Waals surface area contributed by atoms with E-state index in [0.717, 1.165) is 28.5 Å². The van der Waals surface area contributed by atoms with Crippen LogP contribution in [0.4, 0.5) is 8.78 Å². The molecule has 0 heterocycles. The lowest BCUT2D eigenvalue weighted by Gasteiger charge is -2.18. The van der Waals surface area contributed by atoms with Crippen LogP contribution >= 0.6 is 0 Å². The molecule has 0 aromatic heterocycles. The molecular formula is C19H15F2NO. The molecule has 0 spiro atoms. The SMILES string of the molecule is CN(Cc1ccc2ccccc2c1)C(=O)c1ccc(F)cc1F. The van der Waals surface area contributed by atoms with Gasteiger partial charge in [0.05, 0.1) is 5.56 Å². The van der Waals surface area contributed by atoms with Crippen LogP contribution in [0.1, 0.15) is 15.9 Å². The third-order valence-corrected chi connectivity index (χ3v) is 3.74. The van der Waals surface area contributed by atoms with E-state index in [1.165, 1.54) is 11.0 Å². The summed E-state index contributed by atoms with van der Waals surface area (Å²) in [6.45, 7) is 0.348. The number of benzene rings is 3. The molecule has 3 rings (SSSR count). The first kappa shape index (κ1) is 15.2. The van der Waals surface area contributed by atoms with Crippen molar-refractivity contribution in [1.29, 1.82) is 0 Å². The number of carbonyl (C=O) groups is 1. The van der Waals surface area contributed by atoms with Gasteiger partial charge in [0, 0.05) is 19.7 Å². The first-order valence-electron chi connectivity index (χ1n) is 7.23. The monoisotopic (exact) mass is 311 g/mol.